The Kier molecular flexibility index (Phi) is 7.15. The van der Waals surface area contributed by atoms with Gasteiger partial charge < -0.3 is 10.2 Å². The maximum atomic E-state index is 12.6. The van der Waals surface area contributed by atoms with E-state index in [4.69, 9.17) is 0 Å². The van der Waals surface area contributed by atoms with Gasteiger partial charge in [0.2, 0.25) is 5.91 Å². The Labute approximate surface area is 144 Å². The second-order valence-corrected chi connectivity index (χ2v) is 6.89. The third-order valence-electron chi connectivity index (χ3n) is 4.23. The van der Waals surface area contributed by atoms with E-state index in [9.17, 15) is 9.59 Å². The van der Waals surface area contributed by atoms with E-state index in [0.29, 0.717) is 37.2 Å². The summed E-state index contributed by atoms with van der Waals surface area (Å²) in [5.41, 5.74) is 0.325. The highest BCUT2D eigenvalue weighted by Crippen LogP contribution is 2.17. The molecule has 6 nitrogen and oxygen atoms in total. The Hall–Kier alpha value is -1.98. The molecule has 1 heterocycles. The summed E-state index contributed by atoms with van der Waals surface area (Å²) in [5.74, 6) is 0.192. The van der Waals surface area contributed by atoms with Crippen molar-refractivity contribution in [2.24, 2.45) is 5.92 Å². The molecule has 2 amide bonds. The highest BCUT2D eigenvalue weighted by molar-refractivity contribution is 5.92. The van der Waals surface area contributed by atoms with Crippen molar-refractivity contribution in [3.8, 4) is 0 Å². The predicted molar refractivity (Wildman–Crippen MR) is 92.4 cm³/mol. The molecule has 0 spiro atoms. The Bertz CT molecular complexity index is 527. The van der Waals surface area contributed by atoms with E-state index in [1.165, 1.54) is 31.7 Å². The zero-order chi connectivity index (χ0) is 17.4. The van der Waals surface area contributed by atoms with Gasteiger partial charge in [-0.15, -0.1) is 0 Å². The first-order valence-electron chi connectivity index (χ1n) is 8.91. The molecule has 1 aromatic rings. The standard InChI is InChI=1S/C18H28N4O2/c1-14(2)13-22(18(24)16-12-19-9-10-20-16)11-8-17(23)21-15-6-4-3-5-7-15/h9-10,12,14-15H,3-8,11,13H2,1-2H3,(H,21,23). The van der Waals surface area contributed by atoms with Crippen LogP contribution < -0.4 is 5.32 Å². The molecule has 0 bridgehead atoms. The number of aromatic nitrogens is 2. The maximum absolute atomic E-state index is 12.6. The van der Waals surface area contributed by atoms with E-state index in [1.54, 1.807) is 11.1 Å². The molecule has 0 radical (unpaired) electrons. The lowest BCUT2D eigenvalue weighted by Gasteiger charge is -2.26. The average Bonchev–Trinajstić information content (AvgIpc) is 2.59. The highest BCUT2D eigenvalue weighted by atomic mass is 16.2. The lowest BCUT2D eigenvalue weighted by Crippen LogP contribution is -2.40. The summed E-state index contributed by atoms with van der Waals surface area (Å²) in [4.78, 5) is 34.5. The molecule has 1 N–H and O–H groups in total. The van der Waals surface area contributed by atoms with Crippen LogP contribution in [-0.2, 0) is 4.79 Å². The third-order valence-corrected chi connectivity index (χ3v) is 4.23. The smallest absolute Gasteiger partial charge is 0.274 e. The van der Waals surface area contributed by atoms with Crippen LogP contribution in [0.3, 0.4) is 0 Å². The van der Waals surface area contributed by atoms with Crippen molar-refractivity contribution in [3.63, 3.8) is 0 Å². The van der Waals surface area contributed by atoms with Gasteiger partial charge in [-0.3, -0.25) is 14.6 Å². The van der Waals surface area contributed by atoms with Gasteiger partial charge in [-0.2, -0.15) is 0 Å². The summed E-state index contributed by atoms with van der Waals surface area (Å²) < 4.78 is 0. The van der Waals surface area contributed by atoms with Crippen molar-refractivity contribution in [3.05, 3.63) is 24.3 Å². The van der Waals surface area contributed by atoms with Gasteiger partial charge in [0.15, 0.2) is 0 Å². The summed E-state index contributed by atoms with van der Waals surface area (Å²) in [5, 5.41) is 3.10. The van der Waals surface area contributed by atoms with Crippen molar-refractivity contribution < 1.29 is 9.59 Å². The topological polar surface area (TPSA) is 75.2 Å². The number of carbonyl (C=O) groups is 2. The SMILES string of the molecule is CC(C)CN(CCC(=O)NC1CCCCC1)C(=O)c1cnccn1. The number of carbonyl (C=O) groups excluding carboxylic acids is 2. The van der Waals surface area contributed by atoms with Crippen LogP contribution in [0.25, 0.3) is 0 Å². The van der Waals surface area contributed by atoms with Crippen LogP contribution in [0.5, 0.6) is 0 Å². The van der Waals surface area contributed by atoms with Gasteiger partial charge in [-0.05, 0) is 18.8 Å². The maximum Gasteiger partial charge on any atom is 0.274 e. The molecule has 1 aliphatic rings. The molecule has 0 unspecified atom stereocenters. The molecule has 6 heteroatoms. The summed E-state index contributed by atoms with van der Waals surface area (Å²) in [6.45, 7) is 5.12. The number of hydrogen-bond acceptors (Lipinski definition) is 4. The van der Waals surface area contributed by atoms with Gasteiger partial charge >= 0.3 is 0 Å². The summed E-state index contributed by atoms with van der Waals surface area (Å²) >= 11 is 0. The van der Waals surface area contributed by atoms with E-state index in [1.807, 2.05) is 0 Å². The molecular weight excluding hydrogens is 304 g/mol. The molecule has 1 fully saturated rings. The molecule has 1 saturated carbocycles. The second kappa shape index (κ2) is 9.35. The fourth-order valence-electron chi connectivity index (χ4n) is 3.07. The van der Waals surface area contributed by atoms with Crippen LogP contribution in [0, 0.1) is 5.92 Å². The van der Waals surface area contributed by atoms with Gasteiger partial charge in [0.25, 0.3) is 5.91 Å². The Balaban J connectivity index is 1.88. The molecule has 0 saturated heterocycles. The minimum absolute atomic E-state index is 0.0302. The first-order valence-corrected chi connectivity index (χ1v) is 8.91. The minimum Gasteiger partial charge on any atom is -0.353 e. The Morgan fingerprint density at radius 1 is 1.25 bits per heavy atom. The highest BCUT2D eigenvalue weighted by Gasteiger charge is 2.20. The molecule has 0 aromatic carbocycles. The average molecular weight is 332 g/mol. The van der Waals surface area contributed by atoms with E-state index in [2.05, 4.69) is 29.1 Å². The van der Waals surface area contributed by atoms with Gasteiger partial charge in [0, 0.05) is 37.9 Å². The quantitative estimate of drug-likeness (QED) is 0.832. The first-order chi connectivity index (χ1) is 11.6. The van der Waals surface area contributed by atoms with Crippen LogP contribution in [0.15, 0.2) is 18.6 Å². The molecular formula is C18H28N4O2. The fourth-order valence-corrected chi connectivity index (χ4v) is 3.07. The Morgan fingerprint density at radius 3 is 2.62 bits per heavy atom. The number of nitrogens with zero attached hydrogens (tertiary/aromatic N) is 3. The van der Waals surface area contributed by atoms with Gasteiger partial charge in [-0.25, -0.2) is 4.98 Å². The van der Waals surface area contributed by atoms with Gasteiger partial charge in [0.05, 0.1) is 6.20 Å². The van der Waals surface area contributed by atoms with Crippen LogP contribution in [-0.4, -0.2) is 45.8 Å². The monoisotopic (exact) mass is 332 g/mol. The summed E-state index contributed by atoms with van der Waals surface area (Å²) in [7, 11) is 0. The van der Waals surface area contributed by atoms with Crippen molar-refractivity contribution in [2.45, 2.75) is 58.4 Å². The van der Waals surface area contributed by atoms with Gasteiger partial charge in [0.1, 0.15) is 5.69 Å². The van der Waals surface area contributed by atoms with Crippen molar-refractivity contribution >= 4 is 11.8 Å². The fraction of sp³-hybridized carbons (Fsp3) is 0.667. The number of nitrogens with one attached hydrogen (secondary N) is 1. The largest absolute Gasteiger partial charge is 0.353 e. The van der Waals surface area contributed by atoms with E-state index in [0.717, 1.165) is 12.8 Å². The normalized spacial score (nSPS) is 15.3. The lowest BCUT2D eigenvalue weighted by atomic mass is 9.95. The van der Waals surface area contributed by atoms with E-state index in [-0.39, 0.29) is 11.8 Å². The van der Waals surface area contributed by atoms with Crippen LogP contribution >= 0.6 is 0 Å². The molecule has 24 heavy (non-hydrogen) atoms. The van der Waals surface area contributed by atoms with Crippen molar-refractivity contribution in [1.29, 1.82) is 0 Å². The zero-order valence-electron chi connectivity index (χ0n) is 14.7. The zero-order valence-corrected chi connectivity index (χ0v) is 14.7. The molecule has 0 aliphatic heterocycles. The number of hydrogen-bond donors (Lipinski definition) is 1. The molecule has 1 aromatic heterocycles. The van der Waals surface area contributed by atoms with Crippen LogP contribution in [0.1, 0.15) is 62.9 Å². The number of amides is 2. The van der Waals surface area contributed by atoms with Crippen molar-refractivity contribution in [2.75, 3.05) is 13.1 Å². The lowest BCUT2D eigenvalue weighted by molar-refractivity contribution is -0.122. The Morgan fingerprint density at radius 2 is 2.00 bits per heavy atom. The predicted octanol–water partition coefficient (Wildman–Crippen LogP) is 2.41. The van der Waals surface area contributed by atoms with Crippen molar-refractivity contribution in [1.82, 2.24) is 20.2 Å². The third kappa shape index (κ3) is 5.91. The van der Waals surface area contributed by atoms with Gasteiger partial charge in [-0.1, -0.05) is 33.1 Å². The number of rotatable bonds is 7. The van der Waals surface area contributed by atoms with Crippen LogP contribution in [0.2, 0.25) is 0 Å². The van der Waals surface area contributed by atoms with E-state index >= 15 is 0 Å². The molecule has 2 rings (SSSR count). The van der Waals surface area contributed by atoms with Crippen LogP contribution in [0.4, 0.5) is 0 Å². The summed E-state index contributed by atoms with van der Waals surface area (Å²) in [6.07, 6.45) is 10.6. The molecule has 0 atom stereocenters. The van der Waals surface area contributed by atoms with E-state index < -0.39 is 0 Å². The molecule has 132 valence electrons. The minimum atomic E-state index is -0.165. The summed E-state index contributed by atoms with van der Waals surface area (Å²) in [6, 6.07) is 0.306. The first kappa shape index (κ1) is 18.4. The molecule has 1 aliphatic carbocycles. The second-order valence-electron chi connectivity index (χ2n) is 6.89.